The van der Waals surface area contributed by atoms with Crippen molar-refractivity contribution in [3.05, 3.63) is 36.8 Å². The highest BCUT2D eigenvalue weighted by molar-refractivity contribution is 14.1. The van der Waals surface area contributed by atoms with Crippen molar-refractivity contribution in [3.63, 3.8) is 0 Å². The number of benzene rings is 1. The molecule has 0 aliphatic heterocycles. The van der Waals surface area contributed by atoms with Gasteiger partial charge < -0.3 is 0 Å². The molecule has 14 heavy (non-hydrogen) atoms. The normalized spacial score (nSPS) is 10.7. The summed E-state index contributed by atoms with van der Waals surface area (Å²) in [5.74, 6) is 0. The van der Waals surface area contributed by atoms with Gasteiger partial charge in [-0.2, -0.15) is 0 Å². The highest BCUT2D eigenvalue weighted by Crippen LogP contribution is 2.32. The maximum absolute atomic E-state index is 10.7. The molecule has 72 valence electrons. The number of nitrogens with zero attached hydrogens (tertiary/aromatic N) is 1. The highest BCUT2D eigenvalue weighted by atomic mass is 127. The number of thiophene rings is 1. The molecule has 0 saturated heterocycles. The van der Waals surface area contributed by atoms with Crippen molar-refractivity contribution in [2.24, 2.45) is 0 Å². The Morgan fingerprint density at radius 3 is 2.86 bits per heavy atom. The molecule has 1 aromatic carbocycles. The van der Waals surface area contributed by atoms with Gasteiger partial charge in [0.05, 0.1) is 4.92 Å². The molecule has 1 heterocycles. The van der Waals surface area contributed by atoms with E-state index in [-0.39, 0.29) is 10.6 Å². The number of fused-ring (bicyclic) bond motifs is 1. The third-order valence-electron chi connectivity index (χ3n) is 2.04. The molecule has 0 spiro atoms. The van der Waals surface area contributed by atoms with Gasteiger partial charge in [0.1, 0.15) is 0 Å². The van der Waals surface area contributed by atoms with Gasteiger partial charge in [0.25, 0.3) is 5.69 Å². The molecule has 3 nitrogen and oxygen atoms in total. The number of aryl methyl sites for hydroxylation is 1. The van der Waals surface area contributed by atoms with Gasteiger partial charge in [-0.25, -0.2) is 0 Å². The Balaban J connectivity index is 2.80. The summed E-state index contributed by atoms with van der Waals surface area (Å²) >= 11 is 3.81. The summed E-state index contributed by atoms with van der Waals surface area (Å²) in [6.45, 7) is 1.77. The molecule has 1 aromatic heterocycles. The fraction of sp³-hybridized carbons (Fsp3) is 0.111. The van der Waals surface area contributed by atoms with E-state index in [0.29, 0.717) is 0 Å². The summed E-state index contributed by atoms with van der Waals surface area (Å²) in [5.41, 5.74) is 0.926. The third-order valence-corrected chi connectivity index (χ3v) is 4.30. The molecule has 2 aromatic rings. The molecule has 0 saturated carbocycles. The first-order valence-corrected chi connectivity index (χ1v) is 5.87. The van der Waals surface area contributed by atoms with Gasteiger partial charge in [-0.15, -0.1) is 11.3 Å². The molecule has 0 aliphatic carbocycles. The molecule has 0 radical (unpaired) electrons. The van der Waals surface area contributed by atoms with E-state index < -0.39 is 0 Å². The van der Waals surface area contributed by atoms with Crippen LogP contribution in [0, 0.1) is 20.6 Å². The Labute approximate surface area is 98.0 Å². The van der Waals surface area contributed by atoms with Crippen molar-refractivity contribution in [1.29, 1.82) is 0 Å². The van der Waals surface area contributed by atoms with Crippen LogP contribution in [0.2, 0.25) is 0 Å². The van der Waals surface area contributed by atoms with Crippen LogP contribution in [0.1, 0.15) is 5.56 Å². The van der Waals surface area contributed by atoms with E-state index in [1.165, 1.54) is 0 Å². The van der Waals surface area contributed by atoms with E-state index in [1.807, 2.05) is 11.4 Å². The topological polar surface area (TPSA) is 43.1 Å². The third kappa shape index (κ3) is 1.50. The van der Waals surface area contributed by atoms with Gasteiger partial charge in [-0.1, -0.05) is 0 Å². The fourth-order valence-corrected chi connectivity index (χ4v) is 3.24. The van der Waals surface area contributed by atoms with Gasteiger partial charge in [-0.05, 0) is 35.6 Å². The predicted octanol–water partition coefficient (Wildman–Crippen LogP) is 3.72. The van der Waals surface area contributed by atoms with Crippen LogP contribution in [0.25, 0.3) is 10.1 Å². The molecular weight excluding hydrogens is 313 g/mol. The maximum Gasteiger partial charge on any atom is 0.273 e. The molecular formula is C9H6INO2S. The number of rotatable bonds is 1. The van der Waals surface area contributed by atoms with Gasteiger partial charge in [0, 0.05) is 30.7 Å². The molecule has 0 unspecified atom stereocenters. The number of hydrogen-bond donors (Lipinski definition) is 0. The first-order valence-electron chi connectivity index (χ1n) is 3.91. The molecule has 0 fully saturated rings. The average Bonchev–Trinajstić information content (AvgIpc) is 2.46. The second-order valence-electron chi connectivity index (χ2n) is 2.98. The van der Waals surface area contributed by atoms with Crippen molar-refractivity contribution in [3.8, 4) is 0 Å². The van der Waals surface area contributed by atoms with Crippen LogP contribution in [0.3, 0.4) is 0 Å². The lowest BCUT2D eigenvalue weighted by atomic mass is 10.1. The van der Waals surface area contributed by atoms with Crippen molar-refractivity contribution >= 4 is 49.7 Å². The maximum atomic E-state index is 10.7. The molecule has 0 amide bonds. The Hall–Kier alpha value is -0.690. The fourth-order valence-electron chi connectivity index (χ4n) is 1.33. The van der Waals surface area contributed by atoms with E-state index >= 15 is 0 Å². The smallest absolute Gasteiger partial charge is 0.258 e. The zero-order chi connectivity index (χ0) is 10.3. The van der Waals surface area contributed by atoms with Crippen molar-refractivity contribution < 1.29 is 4.92 Å². The summed E-state index contributed by atoms with van der Waals surface area (Å²) in [6.07, 6.45) is 0. The van der Waals surface area contributed by atoms with Crippen LogP contribution in [-0.2, 0) is 0 Å². The zero-order valence-electron chi connectivity index (χ0n) is 7.28. The molecule has 0 bridgehead atoms. The lowest BCUT2D eigenvalue weighted by Crippen LogP contribution is -1.90. The van der Waals surface area contributed by atoms with Crippen LogP contribution in [-0.4, -0.2) is 4.92 Å². The van der Waals surface area contributed by atoms with Crippen LogP contribution in [0.4, 0.5) is 5.69 Å². The lowest BCUT2D eigenvalue weighted by Gasteiger charge is -1.97. The number of halogens is 1. The van der Waals surface area contributed by atoms with E-state index in [1.54, 1.807) is 24.3 Å². The van der Waals surface area contributed by atoms with E-state index in [9.17, 15) is 10.1 Å². The quantitative estimate of drug-likeness (QED) is 0.457. The number of hydrogen-bond acceptors (Lipinski definition) is 3. The van der Waals surface area contributed by atoms with Gasteiger partial charge in [0.2, 0.25) is 0 Å². The van der Waals surface area contributed by atoms with Gasteiger partial charge in [-0.3, -0.25) is 10.1 Å². The van der Waals surface area contributed by atoms with Crippen LogP contribution in [0.15, 0.2) is 17.5 Å². The first-order chi connectivity index (χ1) is 6.59. The SMILES string of the molecule is Cc1cc2scc(I)c2cc1[N+](=O)[O-]. The second-order valence-corrected chi connectivity index (χ2v) is 5.05. The van der Waals surface area contributed by atoms with Crippen LogP contribution in [0.5, 0.6) is 0 Å². The molecule has 0 atom stereocenters. The summed E-state index contributed by atoms with van der Waals surface area (Å²) in [5, 5.41) is 13.7. The second kappa shape index (κ2) is 3.47. The Kier molecular flexibility index (Phi) is 2.44. The van der Waals surface area contributed by atoms with Crippen molar-refractivity contribution in [1.82, 2.24) is 0 Å². The lowest BCUT2D eigenvalue weighted by molar-refractivity contribution is -0.385. The predicted molar refractivity (Wildman–Crippen MR) is 65.9 cm³/mol. The highest BCUT2D eigenvalue weighted by Gasteiger charge is 2.13. The summed E-state index contributed by atoms with van der Waals surface area (Å²) in [7, 11) is 0. The Morgan fingerprint density at radius 2 is 2.21 bits per heavy atom. The zero-order valence-corrected chi connectivity index (χ0v) is 10.3. The average molecular weight is 319 g/mol. The number of nitro benzene ring substituents is 1. The molecule has 5 heteroatoms. The monoisotopic (exact) mass is 319 g/mol. The summed E-state index contributed by atoms with van der Waals surface area (Å²) in [6, 6.07) is 3.53. The van der Waals surface area contributed by atoms with Crippen LogP contribution >= 0.6 is 33.9 Å². The summed E-state index contributed by atoms with van der Waals surface area (Å²) < 4.78 is 2.18. The summed E-state index contributed by atoms with van der Waals surface area (Å²) in [4.78, 5) is 10.4. The van der Waals surface area contributed by atoms with E-state index in [0.717, 1.165) is 19.2 Å². The minimum absolute atomic E-state index is 0.203. The van der Waals surface area contributed by atoms with E-state index in [4.69, 9.17) is 0 Å². The first kappa shape index (κ1) is 9.85. The largest absolute Gasteiger partial charge is 0.273 e. The van der Waals surface area contributed by atoms with Crippen LogP contribution < -0.4 is 0 Å². The van der Waals surface area contributed by atoms with Crippen molar-refractivity contribution in [2.75, 3.05) is 0 Å². The van der Waals surface area contributed by atoms with Gasteiger partial charge in [0.15, 0.2) is 0 Å². The Bertz CT molecular complexity index is 521. The van der Waals surface area contributed by atoms with E-state index in [2.05, 4.69) is 22.6 Å². The number of nitro groups is 1. The van der Waals surface area contributed by atoms with Crippen molar-refractivity contribution in [2.45, 2.75) is 6.92 Å². The molecule has 2 rings (SSSR count). The van der Waals surface area contributed by atoms with Gasteiger partial charge >= 0.3 is 0 Å². The minimum Gasteiger partial charge on any atom is -0.258 e. The molecule has 0 aliphatic rings. The molecule has 0 N–H and O–H groups in total. The minimum atomic E-state index is -0.331. The Morgan fingerprint density at radius 1 is 1.50 bits per heavy atom. The standard InChI is InChI=1S/C9H6INO2S/c1-5-2-9-6(7(10)4-14-9)3-8(5)11(12)13/h2-4H,1H3.